The number of allylic oxidation sites excluding steroid dienone is 8. The Hall–Kier alpha value is -3.58. The molecule has 2 amide bonds. The maximum atomic E-state index is 14.0. The molecule has 0 radical (unpaired) electrons. The van der Waals surface area contributed by atoms with E-state index in [-0.39, 0.29) is 36.1 Å². The molecule has 2 unspecified atom stereocenters. The van der Waals surface area contributed by atoms with Crippen molar-refractivity contribution in [2.75, 3.05) is 0 Å². The minimum absolute atomic E-state index is 0.0593. The normalized spacial score (nSPS) is 25.8. The Kier molecular flexibility index (Phi) is 5.06. The fraction of sp³-hybridized carbons (Fsp3) is 0.259. The molecule has 1 aromatic carbocycles. The minimum Gasteiger partial charge on any atom is -0.508 e. The van der Waals surface area contributed by atoms with E-state index in [9.17, 15) is 23.5 Å². The lowest BCUT2D eigenvalue weighted by molar-refractivity contribution is -0.320. The quantitative estimate of drug-likeness (QED) is 0.713. The molecule has 0 saturated carbocycles. The van der Waals surface area contributed by atoms with Crippen LogP contribution in [0, 0.1) is 5.41 Å². The largest absolute Gasteiger partial charge is 0.508 e. The first-order valence-electron chi connectivity index (χ1n) is 11.2. The third-order valence-electron chi connectivity index (χ3n) is 7.14. The highest BCUT2D eigenvalue weighted by molar-refractivity contribution is 5.89. The predicted octanol–water partition coefficient (Wildman–Crippen LogP) is 3.79. The lowest BCUT2D eigenvalue weighted by atomic mass is 9.61. The summed E-state index contributed by atoms with van der Waals surface area (Å²) >= 11 is 0. The van der Waals surface area contributed by atoms with E-state index in [1.807, 2.05) is 24.3 Å². The monoisotopic (exact) mass is 463 g/mol. The zero-order valence-corrected chi connectivity index (χ0v) is 18.7. The average molecular weight is 464 g/mol. The second-order valence-corrected chi connectivity index (χ2v) is 9.26. The molecule has 2 bridgehead atoms. The van der Waals surface area contributed by atoms with Gasteiger partial charge >= 0.3 is 5.91 Å². The number of carbonyl (C=O) groups excluding carboxylic acids is 2. The number of likely N-dealkylation sites (tertiary alicyclic amines) is 1. The highest BCUT2D eigenvalue weighted by atomic mass is 19.3. The number of rotatable bonds is 4. The number of nitrogens with zero attached hydrogens (tertiary/aromatic N) is 1. The third kappa shape index (κ3) is 3.39. The fourth-order valence-electron chi connectivity index (χ4n) is 5.50. The Balaban J connectivity index is 1.68. The number of aliphatic hydroxyl groups excluding tert-OH is 1. The summed E-state index contributed by atoms with van der Waals surface area (Å²) in [6, 6.07) is 5.35. The van der Waals surface area contributed by atoms with Crippen molar-refractivity contribution in [3.8, 4) is 0 Å². The van der Waals surface area contributed by atoms with Gasteiger partial charge in [0.1, 0.15) is 11.2 Å². The molecule has 1 aromatic rings. The number of aliphatic hydroxyl groups is 1. The molecule has 0 spiro atoms. The summed E-state index contributed by atoms with van der Waals surface area (Å²) in [6.07, 6.45) is 12.9. The number of fused-ring (bicyclic) bond motifs is 3. The lowest BCUT2D eigenvalue weighted by Crippen LogP contribution is -2.72. The Bertz CT molecular complexity index is 1290. The van der Waals surface area contributed by atoms with Gasteiger partial charge in [0.05, 0.1) is 6.04 Å². The van der Waals surface area contributed by atoms with Crippen LogP contribution in [-0.4, -0.2) is 27.9 Å². The van der Waals surface area contributed by atoms with Crippen molar-refractivity contribution in [1.29, 1.82) is 0 Å². The SMILES string of the molecule is CC(F)(F)c1cccc(CN2C(=O)CCC3(C([NH3+])=O)C4=CC5=C(C=CC(O)=CC5=CC=C4)C23)c1. The molecule has 1 saturated heterocycles. The van der Waals surface area contributed by atoms with Crippen LogP contribution in [-0.2, 0) is 22.1 Å². The molecule has 2 atom stereocenters. The van der Waals surface area contributed by atoms with Crippen LogP contribution in [0.1, 0.15) is 30.9 Å². The van der Waals surface area contributed by atoms with Gasteiger partial charge in [-0.15, -0.1) is 0 Å². The highest BCUT2D eigenvalue weighted by Gasteiger charge is 2.58. The number of piperidine rings is 1. The summed E-state index contributed by atoms with van der Waals surface area (Å²) < 4.78 is 27.9. The Labute approximate surface area is 195 Å². The molecule has 1 fully saturated rings. The van der Waals surface area contributed by atoms with Crippen LogP contribution in [0.5, 0.6) is 0 Å². The summed E-state index contributed by atoms with van der Waals surface area (Å²) in [7, 11) is 0. The molecular formula is C27H25F2N2O3+. The number of benzene rings is 1. The van der Waals surface area contributed by atoms with Crippen LogP contribution in [0.3, 0.4) is 0 Å². The average Bonchev–Trinajstić information content (AvgIpc) is 3.05. The Morgan fingerprint density at radius 2 is 2.06 bits per heavy atom. The van der Waals surface area contributed by atoms with E-state index in [0.717, 1.165) is 29.2 Å². The van der Waals surface area contributed by atoms with E-state index in [1.165, 1.54) is 12.1 Å². The Morgan fingerprint density at radius 3 is 2.79 bits per heavy atom. The van der Waals surface area contributed by atoms with E-state index in [0.29, 0.717) is 12.0 Å². The van der Waals surface area contributed by atoms with Crippen LogP contribution >= 0.6 is 0 Å². The van der Waals surface area contributed by atoms with Crippen molar-refractivity contribution in [3.63, 3.8) is 0 Å². The van der Waals surface area contributed by atoms with E-state index in [2.05, 4.69) is 5.73 Å². The molecule has 4 aliphatic rings. The number of hydrogen-bond donors (Lipinski definition) is 2. The summed E-state index contributed by atoms with van der Waals surface area (Å²) in [5, 5.41) is 10.3. The second-order valence-electron chi connectivity index (χ2n) is 9.26. The number of quaternary nitrogens is 1. The van der Waals surface area contributed by atoms with E-state index < -0.39 is 17.4 Å². The van der Waals surface area contributed by atoms with Gasteiger partial charge in [-0.25, -0.2) is 13.6 Å². The van der Waals surface area contributed by atoms with Crippen LogP contribution in [0.25, 0.3) is 0 Å². The van der Waals surface area contributed by atoms with Gasteiger partial charge in [0, 0.05) is 25.5 Å². The maximum absolute atomic E-state index is 14.0. The molecule has 1 heterocycles. The van der Waals surface area contributed by atoms with Gasteiger partial charge < -0.3 is 10.0 Å². The molecule has 4 N–H and O–H groups in total. The van der Waals surface area contributed by atoms with Gasteiger partial charge in [-0.1, -0.05) is 42.5 Å². The fourth-order valence-corrected chi connectivity index (χ4v) is 5.50. The van der Waals surface area contributed by atoms with Gasteiger partial charge in [-0.2, -0.15) is 0 Å². The Morgan fingerprint density at radius 1 is 1.26 bits per heavy atom. The third-order valence-corrected chi connectivity index (χ3v) is 7.14. The summed E-state index contributed by atoms with van der Waals surface area (Å²) in [4.78, 5) is 28.1. The molecule has 1 aliphatic heterocycles. The van der Waals surface area contributed by atoms with Gasteiger partial charge in [-0.3, -0.25) is 10.5 Å². The lowest BCUT2D eigenvalue weighted by Gasteiger charge is -2.50. The first-order valence-corrected chi connectivity index (χ1v) is 11.2. The predicted molar refractivity (Wildman–Crippen MR) is 122 cm³/mol. The first kappa shape index (κ1) is 22.2. The summed E-state index contributed by atoms with van der Waals surface area (Å²) in [5.41, 5.74) is 6.21. The summed E-state index contributed by atoms with van der Waals surface area (Å²) in [6.45, 7) is 0.911. The van der Waals surface area contributed by atoms with Gasteiger partial charge in [0.15, 0.2) is 0 Å². The van der Waals surface area contributed by atoms with Gasteiger partial charge in [0.2, 0.25) is 5.91 Å². The minimum atomic E-state index is -3.01. The molecule has 5 rings (SSSR count). The van der Waals surface area contributed by atoms with Crippen LogP contribution in [0.4, 0.5) is 8.78 Å². The van der Waals surface area contributed by atoms with Crippen LogP contribution < -0.4 is 5.73 Å². The number of carbonyl (C=O) groups is 2. The van der Waals surface area contributed by atoms with Gasteiger partial charge in [-0.05, 0) is 58.6 Å². The van der Waals surface area contributed by atoms with E-state index >= 15 is 0 Å². The maximum Gasteiger partial charge on any atom is 0.321 e. The molecular weight excluding hydrogens is 438 g/mol. The second kappa shape index (κ2) is 7.74. The van der Waals surface area contributed by atoms with Gasteiger partial charge in [0.25, 0.3) is 5.92 Å². The van der Waals surface area contributed by atoms with Crippen molar-refractivity contribution in [3.05, 3.63) is 106 Å². The standard InChI is InChI=1S/C27H24F2N2O3/c1-26(28,29)18-6-2-4-16(12-18)15-31-23(33)10-11-27(25(30)34)19-7-3-5-17-13-20(32)8-9-21(24(27)31)22(17)14-19/h2-9,12-14,24,32H,10-11,15H2,1H3,(H2,30,34)/p+1. The number of amides is 2. The molecule has 174 valence electrons. The highest BCUT2D eigenvalue weighted by Crippen LogP contribution is 2.52. The van der Waals surface area contributed by atoms with Crippen molar-refractivity contribution in [2.24, 2.45) is 5.41 Å². The first-order chi connectivity index (χ1) is 16.1. The van der Waals surface area contributed by atoms with Crippen molar-refractivity contribution < 1.29 is 29.2 Å². The smallest absolute Gasteiger partial charge is 0.321 e. The topological polar surface area (TPSA) is 85.3 Å². The zero-order valence-electron chi connectivity index (χ0n) is 18.7. The van der Waals surface area contributed by atoms with E-state index in [4.69, 9.17) is 0 Å². The number of hydrogen-bond acceptors (Lipinski definition) is 3. The molecule has 3 aliphatic carbocycles. The zero-order chi connectivity index (χ0) is 24.3. The van der Waals surface area contributed by atoms with Crippen LogP contribution in [0.2, 0.25) is 0 Å². The molecule has 5 nitrogen and oxygen atoms in total. The van der Waals surface area contributed by atoms with Crippen molar-refractivity contribution >= 4 is 11.8 Å². The number of halogens is 2. The van der Waals surface area contributed by atoms with Crippen molar-refractivity contribution in [1.82, 2.24) is 4.90 Å². The summed E-state index contributed by atoms with van der Waals surface area (Å²) in [5.74, 6) is -3.41. The van der Waals surface area contributed by atoms with Crippen LogP contribution in [0.15, 0.2) is 94.8 Å². The van der Waals surface area contributed by atoms with E-state index in [1.54, 1.807) is 35.3 Å². The molecule has 34 heavy (non-hydrogen) atoms. The molecule has 0 aromatic heterocycles. The van der Waals surface area contributed by atoms with Crippen molar-refractivity contribution in [2.45, 2.75) is 38.3 Å². The molecule has 7 heteroatoms. The number of alkyl halides is 2.